The maximum atomic E-state index is 11.3. The van der Waals surface area contributed by atoms with Crippen molar-refractivity contribution in [3.63, 3.8) is 0 Å². The summed E-state index contributed by atoms with van der Waals surface area (Å²) >= 11 is 0. The molecule has 20 nitrogen and oxygen atoms in total. The maximum Gasteiger partial charge on any atom is 0.408 e. The lowest BCUT2D eigenvalue weighted by Crippen LogP contribution is -2.35. The first-order chi connectivity index (χ1) is 23.8. The molecule has 0 saturated carbocycles. The Bertz CT molecular complexity index is 1160. The van der Waals surface area contributed by atoms with E-state index in [1.165, 1.54) is 14.2 Å². The Kier molecular flexibility index (Phi) is 31.9. The number of nitrogens with one attached hydrogen (secondary N) is 2. The van der Waals surface area contributed by atoms with Gasteiger partial charge in [-0.25, -0.2) is 9.59 Å². The van der Waals surface area contributed by atoms with E-state index in [0.29, 0.717) is 0 Å². The van der Waals surface area contributed by atoms with Crippen LogP contribution in [0.15, 0.2) is 0 Å². The molecule has 0 rings (SSSR count). The van der Waals surface area contributed by atoms with Crippen LogP contribution in [0.3, 0.4) is 0 Å². The van der Waals surface area contributed by atoms with E-state index in [4.69, 9.17) is 30.5 Å². The lowest BCUT2D eigenvalue weighted by molar-refractivity contribution is -0.142. The zero-order valence-corrected chi connectivity index (χ0v) is 31.1. The normalized spacial score (nSPS) is 10.0. The number of esters is 2. The number of aliphatic carboxylic acids is 2. The molecule has 0 aliphatic carbocycles. The Morgan fingerprint density at radius 3 is 1.10 bits per heavy atom. The van der Waals surface area contributed by atoms with Crippen LogP contribution >= 0.6 is 0 Å². The van der Waals surface area contributed by atoms with E-state index in [1.54, 1.807) is 41.5 Å². The van der Waals surface area contributed by atoms with Crippen molar-refractivity contribution in [1.82, 2.24) is 10.6 Å². The molecule has 0 aliphatic heterocycles. The van der Waals surface area contributed by atoms with Gasteiger partial charge in [0.2, 0.25) is 0 Å². The number of rotatable bonds is 18. The molecule has 2 amide bonds. The van der Waals surface area contributed by atoms with Gasteiger partial charge in [0, 0.05) is 25.7 Å². The SMILES string of the molecule is CC(C)(C)OC(=O)NCC(=O)CCC(=O)O.COC(=O)CCC(=O)CN.COC(=O)CCC(=O)CNC(=O)OC(C)(C)C.O=C(O)CCC(=O)CO. The van der Waals surface area contributed by atoms with E-state index in [1.807, 2.05) is 0 Å². The Labute approximate surface area is 302 Å². The molecule has 0 radical (unpaired) electrons. The van der Waals surface area contributed by atoms with Gasteiger partial charge in [0.25, 0.3) is 0 Å². The average molecular weight is 754 g/mol. The van der Waals surface area contributed by atoms with Crippen LogP contribution in [0.5, 0.6) is 0 Å². The predicted octanol–water partition coefficient (Wildman–Crippen LogP) is 0.858. The molecule has 0 aromatic rings. The Hall–Kier alpha value is -4.98. The summed E-state index contributed by atoms with van der Waals surface area (Å²) in [6, 6.07) is 0. The van der Waals surface area contributed by atoms with Crippen molar-refractivity contribution >= 4 is 59.2 Å². The highest BCUT2D eigenvalue weighted by Gasteiger charge is 2.18. The summed E-state index contributed by atoms with van der Waals surface area (Å²) in [5.41, 5.74) is 3.78. The van der Waals surface area contributed by atoms with Crippen molar-refractivity contribution in [3.05, 3.63) is 0 Å². The molecule has 0 aliphatic rings. The molecular weight excluding hydrogens is 698 g/mol. The van der Waals surface area contributed by atoms with E-state index in [-0.39, 0.29) is 94.3 Å². The fraction of sp³-hybridized carbons (Fsp3) is 0.688. The Balaban J connectivity index is -0.000000306. The fourth-order valence-corrected chi connectivity index (χ4v) is 2.51. The van der Waals surface area contributed by atoms with E-state index >= 15 is 0 Å². The highest BCUT2D eigenvalue weighted by molar-refractivity contribution is 5.87. The summed E-state index contributed by atoms with van der Waals surface area (Å²) in [6.07, 6.45) is -1.55. The predicted molar refractivity (Wildman–Crippen MR) is 181 cm³/mol. The number of carbonyl (C=O) groups excluding carboxylic acids is 8. The number of aliphatic hydroxyl groups is 1. The van der Waals surface area contributed by atoms with Gasteiger partial charge in [0.05, 0.1) is 59.5 Å². The number of carboxylic acids is 2. The van der Waals surface area contributed by atoms with Crippen LogP contribution in [-0.2, 0) is 57.3 Å². The number of methoxy groups -OCH3 is 2. The van der Waals surface area contributed by atoms with Crippen LogP contribution in [0.1, 0.15) is 92.9 Å². The molecule has 0 aromatic carbocycles. The number of Topliss-reactive ketones (excluding diaryl/α,β-unsaturated/α-hetero) is 4. The molecule has 0 heterocycles. The van der Waals surface area contributed by atoms with Crippen LogP contribution in [0.2, 0.25) is 0 Å². The molecule has 0 unspecified atom stereocenters. The first kappa shape index (κ1) is 53.8. The standard InChI is InChI=1S/C11H19NO5.C10H17NO5.C6H11NO3.C5H8O4/c1-11(2,3)17-10(15)12-7-8(13)5-6-9(14)16-4;1-10(2,3)16-9(15)11-6-7(12)4-5-8(13)14;1-10-6(9)3-2-5(8)4-7;6-3-4(7)1-2-5(8)9/h5-7H2,1-4H3,(H,12,15);4-6H2,1-3H3,(H,11,15)(H,13,14);2-4,7H2,1H3;6H,1-3H2,(H,8,9). The number of amides is 2. The summed E-state index contributed by atoms with van der Waals surface area (Å²) in [7, 11) is 2.54. The summed E-state index contributed by atoms with van der Waals surface area (Å²) in [5, 5.41) is 29.0. The van der Waals surface area contributed by atoms with Gasteiger partial charge in [-0.2, -0.15) is 0 Å². The number of ether oxygens (including phenoxy) is 4. The third kappa shape index (κ3) is 47.1. The molecule has 20 heteroatoms. The number of nitrogens with two attached hydrogens (primary N) is 1. The quantitative estimate of drug-likeness (QED) is 0.0835. The van der Waals surface area contributed by atoms with Gasteiger partial charge in [-0.1, -0.05) is 0 Å². The van der Waals surface area contributed by atoms with Gasteiger partial charge in [-0.3, -0.25) is 38.4 Å². The summed E-state index contributed by atoms with van der Waals surface area (Å²) < 4.78 is 18.5. The largest absolute Gasteiger partial charge is 0.481 e. The van der Waals surface area contributed by atoms with Crippen LogP contribution in [-0.4, -0.2) is 126 Å². The minimum absolute atomic E-state index is 0.00298. The minimum atomic E-state index is -1.04. The van der Waals surface area contributed by atoms with Gasteiger partial charge in [-0.05, 0) is 41.5 Å². The molecule has 0 fully saturated rings. The lowest BCUT2D eigenvalue weighted by Gasteiger charge is -2.19. The maximum absolute atomic E-state index is 11.3. The molecule has 300 valence electrons. The number of carbonyl (C=O) groups is 10. The van der Waals surface area contributed by atoms with Crippen molar-refractivity contribution in [2.75, 3.05) is 40.5 Å². The number of hydrogen-bond acceptors (Lipinski definition) is 16. The molecule has 0 atom stereocenters. The monoisotopic (exact) mass is 753 g/mol. The molecule has 52 heavy (non-hydrogen) atoms. The molecule has 7 N–H and O–H groups in total. The first-order valence-corrected chi connectivity index (χ1v) is 15.7. The Morgan fingerprint density at radius 1 is 0.519 bits per heavy atom. The van der Waals surface area contributed by atoms with E-state index in [9.17, 15) is 47.9 Å². The summed E-state index contributed by atoms with van der Waals surface area (Å²) in [6.45, 7) is 9.39. The van der Waals surface area contributed by atoms with Crippen molar-refractivity contribution in [3.8, 4) is 0 Å². The van der Waals surface area contributed by atoms with Gasteiger partial charge < -0.3 is 50.6 Å². The molecule has 0 spiro atoms. The highest BCUT2D eigenvalue weighted by Crippen LogP contribution is 2.07. The second kappa shape index (κ2) is 30.8. The van der Waals surface area contributed by atoms with Gasteiger partial charge in [0.15, 0.2) is 17.3 Å². The van der Waals surface area contributed by atoms with Gasteiger partial charge in [-0.15, -0.1) is 0 Å². The van der Waals surface area contributed by atoms with E-state index < -0.39 is 53.7 Å². The highest BCUT2D eigenvalue weighted by atomic mass is 16.6. The van der Waals surface area contributed by atoms with Gasteiger partial charge >= 0.3 is 36.1 Å². The van der Waals surface area contributed by atoms with Crippen molar-refractivity contribution in [2.45, 2.75) is 104 Å². The van der Waals surface area contributed by atoms with E-state index in [2.05, 4.69) is 20.1 Å². The number of alkyl carbamates (subject to hydrolysis) is 2. The van der Waals surface area contributed by atoms with Crippen LogP contribution in [0, 0.1) is 0 Å². The minimum Gasteiger partial charge on any atom is -0.481 e. The molecular formula is C32H55N3O17. The van der Waals surface area contributed by atoms with Crippen molar-refractivity contribution in [2.24, 2.45) is 5.73 Å². The average Bonchev–Trinajstić information content (AvgIpc) is 3.04. The second-order valence-corrected chi connectivity index (χ2v) is 12.2. The molecule has 0 saturated heterocycles. The molecule has 0 bridgehead atoms. The fourth-order valence-electron chi connectivity index (χ4n) is 2.51. The number of aliphatic hydroxyl groups excluding tert-OH is 1. The lowest BCUT2D eigenvalue weighted by atomic mass is 10.2. The third-order valence-corrected chi connectivity index (χ3v) is 4.97. The van der Waals surface area contributed by atoms with Crippen LogP contribution in [0.4, 0.5) is 9.59 Å². The smallest absolute Gasteiger partial charge is 0.408 e. The van der Waals surface area contributed by atoms with Crippen LogP contribution < -0.4 is 16.4 Å². The zero-order chi connectivity index (χ0) is 41.5. The Morgan fingerprint density at radius 2 is 0.827 bits per heavy atom. The second-order valence-electron chi connectivity index (χ2n) is 12.2. The van der Waals surface area contributed by atoms with Crippen molar-refractivity contribution in [1.29, 1.82) is 0 Å². The number of carboxylic acid groups (broad SMARTS) is 2. The molecule has 0 aromatic heterocycles. The summed E-state index contributed by atoms with van der Waals surface area (Å²) in [5.74, 6) is -4.02. The van der Waals surface area contributed by atoms with E-state index in [0.717, 1.165) is 0 Å². The zero-order valence-electron chi connectivity index (χ0n) is 31.1. The van der Waals surface area contributed by atoms with Crippen LogP contribution in [0.25, 0.3) is 0 Å². The topological polar surface area (TPSA) is 318 Å². The third-order valence-electron chi connectivity index (χ3n) is 4.97. The summed E-state index contributed by atoms with van der Waals surface area (Å²) in [4.78, 5) is 106. The first-order valence-electron chi connectivity index (χ1n) is 15.7. The number of hydrogen-bond donors (Lipinski definition) is 6. The number of ketones is 4. The van der Waals surface area contributed by atoms with Crippen molar-refractivity contribution < 1.29 is 82.2 Å². The van der Waals surface area contributed by atoms with Gasteiger partial charge in [0.1, 0.15) is 23.6 Å².